The predicted octanol–water partition coefficient (Wildman–Crippen LogP) is 1.85. The minimum Gasteiger partial charge on any atom is -0.379 e. The second-order valence-corrected chi connectivity index (χ2v) is 5.41. The molecule has 0 radical (unpaired) electrons. The van der Waals surface area contributed by atoms with Crippen LogP contribution in [0, 0.1) is 0 Å². The van der Waals surface area contributed by atoms with Gasteiger partial charge < -0.3 is 4.74 Å². The minimum atomic E-state index is 0.782. The molecule has 0 aliphatic carbocycles. The van der Waals surface area contributed by atoms with Gasteiger partial charge >= 0.3 is 0 Å². The number of nitrogens with zero attached hydrogens (tertiary/aromatic N) is 1. The third-order valence-corrected chi connectivity index (χ3v) is 3.36. The molecular weight excluding hydrogens is 182 g/mol. The van der Waals surface area contributed by atoms with Crippen molar-refractivity contribution in [2.24, 2.45) is 0 Å². The van der Waals surface area contributed by atoms with Gasteiger partial charge in [-0.15, -0.1) is 0 Å². The minimum absolute atomic E-state index is 0.782. The average molecular weight is 203 g/mol. The molecule has 1 aliphatic rings. The fraction of sp³-hybridized carbons (Fsp3) is 1.00. The molecule has 2 nitrogen and oxygen atoms in total. The molecule has 78 valence electrons. The van der Waals surface area contributed by atoms with E-state index >= 15 is 0 Å². The first-order valence-corrected chi connectivity index (χ1v) is 6.25. The third kappa shape index (κ3) is 5.55. The molecule has 1 fully saturated rings. The second-order valence-electron chi connectivity index (χ2n) is 3.73. The van der Waals surface area contributed by atoms with Crippen molar-refractivity contribution in [3.63, 3.8) is 0 Å². The van der Waals surface area contributed by atoms with E-state index in [0.29, 0.717) is 0 Å². The van der Waals surface area contributed by atoms with Crippen molar-refractivity contribution in [3.8, 4) is 0 Å². The van der Waals surface area contributed by atoms with Crippen molar-refractivity contribution >= 4 is 11.8 Å². The highest BCUT2D eigenvalue weighted by molar-refractivity contribution is 7.99. The lowest BCUT2D eigenvalue weighted by Crippen LogP contribution is -2.37. The van der Waals surface area contributed by atoms with Crippen molar-refractivity contribution < 1.29 is 4.74 Å². The monoisotopic (exact) mass is 203 g/mol. The SMILES string of the molecule is CC(C)SCCCN1CCOCC1. The summed E-state index contributed by atoms with van der Waals surface area (Å²) in [5.41, 5.74) is 0. The summed E-state index contributed by atoms with van der Waals surface area (Å²) >= 11 is 2.06. The highest BCUT2D eigenvalue weighted by Gasteiger charge is 2.08. The number of thioether (sulfide) groups is 1. The number of hydrogen-bond acceptors (Lipinski definition) is 3. The van der Waals surface area contributed by atoms with Gasteiger partial charge in [0.1, 0.15) is 0 Å². The first kappa shape index (κ1) is 11.3. The Morgan fingerprint density at radius 3 is 2.62 bits per heavy atom. The normalized spacial score (nSPS) is 19.6. The Hall–Kier alpha value is 0.270. The molecule has 0 unspecified atom stereocenters. The summed E-state index contributed by atoms with van der Waals surface area (Å²) in [5, 5.41) is 0.782. The van der Waals surface area contributed by atoms with Crippen LogP contribution in [0.25, 0.3) is 0 Å². The van der Waals surface area contributed by atoms with E-state index < -0.39 is 0 Å². The summed E-state index contributed by atoms with van der Waals surface area (Å²) in [5.74, 6) is 1.30. The first-order valence-electron chi connectivity index (χ1n) is 5.21. The van der Waals surface area contributed by atoms with Gasteiger partial charge in [-0.25, -0.2) is 0 Å². The van der Waals surface area contributed by atoms with Crippen molar-refractivity contribution in [2.75, 3.05) is 38.6 Å². The third-order valence-electron chi connectivity index (χ3n) is 2.17. The molecule has 1 heterocycles. The summed E-state index contributed by atoms with van der Waals surface area (Å²) in [6.45, 7) is 9.90. The molecule has 0 amide bonds. The van der Waals surface area contributed by atoms with Crippen molar-refractivity contribution in [2.45, 2.75) is 25.5 Å². The number of ether oxygens (including phenoxy) is 1. The lowest BCUT2D eigenvalue weighted by Gasteiger charge is -2.26. The number of rotatable bonds is 5. The summed E-state index contributed by atoms with van der Waals surface area (Å²) in [6, 6.07) is 0. The molecule has 13 heavy (non-hydrogen) atoms. The van der Waals surface area contributed by atoms with Gasteiger partial charge in [0.2, 0.25) is 0 Å². The Kier molecular flexibility index (Phi) is 5.83. The van der Waals surface area contributed by atoms with Crippen LogP contribution in [0.4, 0.5) is 0 Å². The van der Waals surface area contributed by atoms with Gasteiger partial charge in [0, 0.05) is 13.1 Å². The van der Waals surface area contributed by atoms with Gasteiger partial charge in [-0.1, -0.05) is 13.8 Å². The molecule has 0 bridgehead atoms. The van der Waals surface area contributed by atoms with E-state index in [4.69, 9.17) is 4.74 Å². The second kappa shape index (κ2) is 6.68. The Labute approximate surface area is 86.0 Å². The fourth-order valence-corrected chi connectivity index (χ4v) is 2.20. The molecule has 3 heteroatoms. The Morgan fingerprint density at radius 2 is 2.00 bits per heavy atom. The highest BCUT2D eigenvalue weighted by Crippen LogP contribution is 2.10. The van der Waals surface area contributed by atoms with Crippen LogP contribution in [-0.2, 0) is 4.74 Å². The summed E-state index contributed by atoms with van der Waals surface area (Å²) in [4.78, 5) is 2.50. The van der Waals surface area contributed by atoms with E-state index in [0.717, 1.165) is 31.6 Å². The smallest absolute Gasteiger partial charge is 0.0594 e. The van der Waals surface area contributed by atoms with Gasteiger partial charge in [0.15, 0.2) is 0 Å². The Bertz CT molecular complexity index is 124. The van der Waals surface area contributed by atoms with Gasteiger partial charge in [0.25, 0.3) is 0 Å². The first-order chi connectivity index (χ1) is 6.29. The Morgan fingerprint density at radius 1 is 1.31 bits per heavy atom. The van der Waals surface area contributed by atoms with Crippen LogP contribution in [0.3, 0.4) is 0 Å². The van der Waals surface area contributed by atoms with Gasteiger partial charge in [-0.05, 0) is 24.0 Å². The van der Waals surface area contributed by atoms with Crippen molar-refractivity contribution in [3.05, 3.63) is 0 Å². The maximum absolute atomic E-state index is 5.30. The molecule has 0 aromatic carbocycles. The molecule has 0 spiro atoms. The zero-order valence-electron chi connectivity index (χ0n) is 8.79. The summed E-state index contributed by atoms with van der Waals surface area (Å²) in [6.07, 6.45) is 1.32. The van der Waals surface area contributed by atoms with Crippen LogP contribution < -0.4 is 0 Å². The Balaban J connectivity index is 1.92. The van der Waals surface area contributed by atoms with Crippen LogP contribution in [0.1, 0.15) is 20.3 Å². The highest BCUT2D eigenvalue weighted by atomic mass is 32.2. The maximum atomic E-state index is 5.30. The summed E-state index contributed by atoms with van der Waals surface area (Å²) in [7, 11) is 0. The topological polar surface area (TPSA) is 12.5 Å². The van der Waals surface area contributed by atoms with Crippen molar-refractivity contribution in [1.82, 2.24) is 4.90 Å². The molecule has 0 aromatic heterocycles. The lowest BCUT2D eigenvalue weighted by atomic mass is 10.4. The fourth-order valence-electron chi connectivity index (χ4n) is 1.43. The van der Waals surface area contributed by atoms with E-state index in [1.165, 1.54) is 18.7 Å². The molecule has 1 saturated heterocycles. The standard InChI is InChI=1S/C10H21NOS/c1-10(2)13-9-3-4-11-5-7-12-8-6-11/h10H,3-9H2,1-2H3. The quantitative estimate of drug-likeness (QED) is 0.633. The van der Waals surface area contributed by atoms with Gasteiger partial charge in [0.05, 0.1) is 13.2 Å². The van der Waals surface area contributed by atoms with Crippen molar-refractivity contribution in [1.29, 1.82) is 0 Å². The molecule has 0 N–H and O–H groups in total. The van der Waals surface area contributed by atoms with Gasteiger partial charge in [-0.3, -0.25) is 4.90 Å². The largest absolute Gasteiger partial charge is 0.379 e. The van der Waals surface area contributed by atoms with E-state index in [1.54, 1.807) is 0 Å². The van der Waals surface area contributed by atoms with E-state index in [1.807, 2.05) is 0 Å². The van der Waals surface area contributed by atoms with Crippen LogP contribution in [0.15, 0.2) is 0 Å². The average Bonchev–Trinajstić information content (AvgIpc) is 2.14. The molecule has 0 aromatic rings. The van der Waals surface area contributed by atoms with Gasteiger partial charge in [-0.2, -0.15) is 11.8 Å². The van der Waals surface area contributed by atoms with E-state index in [2.05, 4.69) is 30.5 Å². The van der Waals surface area contributed by atoms with Crippen LogP contribution >= 0.6 is 11.8 Å². The lowest BCUT2D eigenvalue weighted by molar-refractivity contribution is 0.0381. The molecule has 0 atom stereocenters. The number of morpholine rings is 1. The van der Waals surface area contributed by atoms with Crippen LogP contribution in [0.5, 0.6) is 0 Å². The van der Waals surface area contributed by atoms with Crippen LogP contribution in [0.2, 0.25) is 0 Å². The molecule has 0 saturated carbocycles. The predicted molar refractivity (Wildman–Crippen MR) is 59.5 cm³/mol. The van der Waals surface area contributed by atoms with E-state index in [9.17, 15) is 0 Å². The molecule has 1 aliphatic heterocycles. The molecular formula is C10H21NOS. The maximum Gasteiger partial charge on any atom is 0.0594 e. The van der Waals surface area contributed by atoms with Crippen LogP contribution in [-0.4, -0.2) is 48.8 Å². The summed E-state index contributed by atoms with van der Waals surface area (Å²) < 4.78 is 5.30. The van der Waals surface area contributed by atoms with E-state index in [-0.39, 0.29) is 0 Å². The zero-order chi connectivity index (χ0) is 9.52. The number of hydrogen-bond donors (Lipinski definition) is 0. The zero-order valence-corrected chi connectivity index (χ0v) is 9.61. The molecule has 1 rings (SSSR count).